The molecule has 6 rings (SSSR count). The van der Waals surface area contributed by atoms with Crippen molar-refractivity contribution in [2.45, 2.75) is 42.5 Å². The van der Waals surface area contributed by atoms with E-state index in [1.165, 1.54) is 12.1 Å². The lowest BCUT2D eigenvalue weighted by Gasteiger charge is -2.43. The van der Waals surface area contributed by atoms with Gasteiger partial charge in [0, 0.05) is 16.0 Å². The summed E-state index contributed by atoms with van der Waals surface area (Å²) in [7, 11) is 0. The molecule has 0 spiro atoms. The Morgan fingerprint density at radius 3 is 2.38 bits per heavy atom. The zero-order chi connectivity index (χ0) is 24.0. The highest BCUT2D eigenvalue weighted by molar-refractivity contribution is 8.00. The lowest BCUT2D eigenvalue weighted by Crippen LogP contribution is -2.49. The Morgan fingerprint density at radius 1 is 1.12 bits per heavy atom. The van der Waals surface area contributed by atoms with Crippen molar-refractivity contribution in [2.75, 3.05) is 0 Å². The number of carbonyl (C=O) groups excluding carboxylic acids is 2. The average Bonchev–Trinajstić information content (AvgIpc) is 3.49. The van der Waals surface area contributed by atoms with Gasteiger partial charge in [0.25, 0.3) is 0 Å². The van der Waals surface area contributed by atoms with Crippen molar-refractivity contribution >= 4 is 40.9 Å². The number of halogens is 1. The first-order chi connectivity index (χ1) is 16.2. The number of H-pyrrole nitrogens is 1. The molecule has 3 fully saturated rings. The minimum Gasteiger partial charge on any atom is -0.480 e. The van der Waals surface area contributed by atoms with Crippen molar-refractivity contribution in [3.05, 3.63) is 50.2 Å². The van der Waals surface area contributed by atoms with Gasteiger partial charge in [0.2, 0.25) is 11.8 Å². The molecule has 2 amide bonds. The van der Waals surface area contributed by atoms with Crippen LogP contribution in [0.4, 0.5) is 4.39 Å². The van der Waals surface area contributed by atoms with Crippen LogP contribution in [-0.2, 0) is 14.4 Å². The van der Waals surface area contributed by atoms with Crippen LogP contribution in [0.3, 0.4) is 0 Å². The molecule has 1 saturated heterocycles. The van der Waals surface area contributed by atoms with Crippen LogP contribution < -0.4 is 4.87 Å². The number of fused-ring (bicyclic) bond motifs is 9. The van der Waals surface area contributed by atoms with Crippen molar-refractivity contribution in [1.82, 2.24) is 9.88 Å². The third kappa shape index (κ3) is 2.87. The molecule has 2 aliphatic carbocycles. The number of imide groups is 1. The Bertz CT molecular complexity index is 1270. The van der Waals surface area contributed by atoms with Crippen LogP contribution in [0.5, 0.6) is 0 Å². The number of amides is 2. The summed E-state index contributed by atoms with van der Waals surface area (Å²) in [4.78, 5) is 56.0. The summed E-state index contributed by atoms with van der Waals surface area (Å²) < 4.78 is 13.7. The van der Waals surface area contributed by atoms with E-state index in [1.54, 1.807) is 37.7 Å². The van der Waals surface area contributed by atoms with E-state index in [-0.39, 0.29) is 51.4 Å². The number of benzene rings is 1. The van der Waals surface area contributed by atoms with E-state index in [1.807, 2.05) is 0 Å². The number of aliphatic carboxylic acids is 1. The number of carbonyl (C=O) groups is 3. The van der Waals surface area contributed by atoms with Crippen molar-refractivity contribution < 1.29 is 23.9 Å². The summed E-state index contributed by atoms with van der Waals surface area (Å²) in [6.45, 7) is 3.41. The van der Waals surface area contributed by atoms with Crippen LogP contribution in [0.15, 0.2) is 34.1 Å². The number of hydrogen-bond donors (Lipinski definition) is 2. The number of hydrogen-bond acceptors (Lipinski definition) is 6. The summed E-state index contributed by atoms with van der Waals surface area (Å²) in [5.74, 6) is -4.08. The van der Waals surface area contributed by atoms with Crippen LogP contribution in [0.2, 0.25) is 0 Å². The number of nitrogens with zero attached hydrogens (tertiary/aromatic N) is 1. The molecule has 2 saturated carbocycles. The highest BCUT2D eigenvalue weighted by Gasteiger charge is 2.70. The van der Waals surface area contributed by atoms with E-state index in [4.69, 9.17) is 0 Å². The van der Waals surface area contributed by atoms with E-state index >= 15 is 0 Å². The first kappa shape index (κ1) is 22.0. The summed E-state index contributed by atoms with van der Waals surface area (Å²) in [6, 6.07) is 5.10. The quantitative estimate of drug-likeness (QED) is 0.622. The third-order valence-corrected chi connectivity index (χ3v) is 10.7. The smallest absolute Gasteiger partial charge is 0.327 e. The van der Waals surface area contributed by atoms with Crippen LogP contribution in [0.1, 0.15) is 36.6 Å². The molecule has 8 atom stereocenters. The zero-order valence-electron chi connectivity index (χ0n) is 18.4. The molecule has 1 aromatic carbocycles. The molecular weight excluding hydrogens is 479 g/mol. The number of carboxylic acid groups (broad SMARTS) is 1. The lowest BCUT2D eigenvalue weighted by molar-refractivity contribution is -0.157. The summed E-state index contributed by atoms with van der Waals surface area (Å²) in [6.07, 6.45) is 0.721. The molecule has 1 aromatic heterocycles. The largest absolute Gasteiger partial charge is 0.480 e. The Hall–Kier alpha value is -2.46. The molecule has 2 aliphatic heterocycles. The molecule has 10 heteroatoms. The molecule has 2 N–H and O–H groups in total. The maximum atomic E-state index is 13.7. The van der Waals surface area contributed by atoms with Crippen LogP contribution in [0, 0.1) is 41.3 Å². The fourth-order valence-electron chi connectivity index (χ4n) is 7.05. The van der Waals surface area contributed by atoms with E-state index < -0.39 is 29.8 Å². The molecule has 34 heavy (non-hydrogen) atoms. The standard InChI is InChI=1S/C24H23FN2O5S2/c1-8(2)17(23(30)31)27-21(28)15-11-7-12(16(15)22(27)29)18-14(11)13(9-3-5-10(25)6-4-9)19-20(33-18)26-24(32)34-19/h3-6,8,11-18H,7H2,1-2H3,(H,26,32)(H,30,31). The van der Waals surface area contributed by atoms with Gasteiger partial charge in [-0.25, -0.2) is 9.18 Å². The average molecular weight is 503 g/mol. The number of nitrogens with one attached hydrogen (secondary N) is 1. The van der Waals surface area contributed by atoms with Crippen LogP contribution in [0.25, 0.3) is 0 Å². The SMILES string of the molecule is CC(C)C(C(=O)O)N1C(=O)C2C3CC(C2C1=O)C1C(c2ccc(F)cc2)c2sc(=O)[nH]c2SC31. The van der Waals surface area contributed by atoms with Gasteiger partial charge in [0.15, 0.2) is 0 Å². The van der Waals surface area contributed by atoms with E-state index in [2.05, 4.69) is 4.98 Å². The number of thioether (sulfide) groups is 1. The zero-order valence-corrected chi connectivity index (χ0v) is 20.1. The van der Waals surface area contributed by atoms with Crippen molar-refractivity contribution in [1.29, 1.82) is 0 Å². The van der Waals surface area contributed by atoms with E-state index in [9.17, 15) is 28.7 Å². The molecule has 2 aromatic rings. The van der Waals surface area contributed by atoms with Crippen molar-refractivity contribution in [2.24, 2.45) is 35.5 Å². The molecule has 0 radical (unpaired) electrons. The van der Waals surface area contributed by atoms with Gasteiger partial charge in [0.1, 0.15) is 11.9 Å². The predicted molar refractivity (Wildman–Crippen MR) is 123 cm³/mol. The lowest BCUT2D eigenvalue weighted by atomic mass is 9.68. The van der Waals surface area contributed by atoms with Crippen LogP contribution >= 0.6 is 23.1 Å². The minimum atomic E-state index is -1.18. The number of aromatic nitrogens is 1. The molecule has 178 valence electrons. The fourth-order valence-corrected chi connectivity index (χ4v) is 9.94. The number of carboxylic acids is 1. The van der Waals surface area contributed by atoms with Gasteiger partial charge >= 0.3 is 10.8 Å². The number of aromatic amines is 1. The summed E-state index contributed by atoms with van der Waals surface area (Å²) in [5, 5.41) is 10.6. The third-order valence-electron chi connectivity index (χ3n) is 8.15. The Kier molecular flexibility index (Phi) is 4.87. The number of thiazole rings is 1. The van der Waals surface area contributed by atoms with Crippen molar-refractivity contribution in [3.63, 3.8) is 0 Å². The fraction of sp³-hybridized carbons (Fsp3) is 0.500. The van der Waals surface area contributed by atoms with Gasteiger partial charge < -0.3 is 10.1 Å². The van der Waals surface area contributed by atoms with Gasteiger partial charge in [-0.1, -0.05) is 37.3 Å². The van der Waals surface area contributed by atoms with Gasteiger partial charge in [-0.3, -0.25) is 19.3 Å². The Morgan fingerprint density at radius 2 is 1.76 bits per heavy atom. The van der Waals surface area contributed by atoms with Gasteiger partial charge in [-0.15, -0.1) is 11.8 Å². The number of rotatable bonds is 4. The summed E-state index contributed by atoms with van der Waals surface area (Å²) >= 11 is 2.72. The molecule has 2 bridgehead atoms. The normalized spacial score (nSPS) is 34.4. The maximum Gasteiger partial charge on any atom is 0.327 e. The monoisotopic (exact) mass is 502 g/mol. The Labute approximate surface area is 202 Å². The Balaban J connectivity index is 1.44. The first-order valence-electron chi connectivity index (χ1n) is 11.4. The van der Waals surface area contributed by atoms with Gasteiger partial charge in [0.05, 0.1) is 16.9 Å². The topological polar surface area (TPSA) is 108 Å². The van der Waals surface area contributed by atoms with Crippen LogP contribution in [-0.4, -0.2) is 44.1 Å². The summed E-state index contributed by atoms with van der Waals surface area (Å²) in [5.41, 5.74) is 0.886. The van der Waals surface area contributed by atoms with Gasteiger partial charge in [-0.05, 0) is 47.8 Å². The number of likely N-dealkylation sites (tertiary alicyclic amines) is 1. The predicted octanol–water partition coefficient (Wildman–Crippen LogP) is 3.16. The van der Waals surface area contributed by atoms with Gasteiger partial charge in [-0.2, -0.15) is 0 Å². The minimum absolute atomic E-state index is 0.000288. The van der Waals surface area contributed by atoms with Crippen molar-refractivity contribution in [3.8, 4) is 0 Å². The molecular formula is C24H23FN2O5S2. The second-order valence-electron chi connectivity index (χ2n) is 10.1. The highest BCUT2D eigenvalue weighted by Crippen LogP contribution is 2.68. The second-order valence-corrected chi connectivity index (χ2v) is 12.3. The molecule has 8 unspecified atom stereocenters. The maximum absolute atomic E-state index is 13.7. The second kappa shape index (κ2) is 7.52. The van der Waals surface area contributed by atoms with E-state index in [0.29, 0.717) is 0 Å². The highest BCUT2D eigenvalue weighted by atomic mass is 32.2. The first-order valence-corrected chi connectivity index (χ1v) is 13.1. The van der Waals surface area contributed by atoms with E-state index in [0.717, 1.165) is 38.1 Å². The molecule has 7 nitrogen and oxygen atoms in total. The molecule has 4 aliphatic rings. The molecule has 3 heterocycles.